The summed E-state index contributed by atoms with van der Waals surface area (Å²) in [7, 11) is -4.00. The Hall–Kier alpha value is -1.46. The van der Waals surface area contributed by atoms with Gasteiger partial charge in [-0.05, 0) is 36.8 Å². The van der Waals surface area contributed by atoms with Crippen LogP contribution in [0.5, 0.6) is 0 Å². The monoisotopic (exact) mass is 519 g/mol. The zero-order valence-corrected chi connectivity index (χ0v) is 20.0. The van der Waals surface area contributed by atoms with Gasteiger partial charge in [-0.2, -0.15) is 0 Å². The molecule has 180 valence electrons. The van der Waals surface area contributed by atoms with E-state index in [2.05, 4.69) is 11.6 Å². The molecule has 4 N–H and O–H groups in total. The van der Waals surface area contributed by atoms with Crippen LogP contribution in [0.4, 0.5) is 0 Å². The first-order valence-corrected chi connectivity index (χ1v) is 12.3. The van der Waals surface area contributed by atoms with Crippen LogP contribution >= 0.6 is 31.0 Å². The zero-order valence-electron chi connectivity index (χ0n) is 17.6. The Labute approximate surface area is 200 Å². The zero-order chi connectivity index (χ0) is 24.0. The average molecular weight is 520 g/mol. The number of aliphatic imine (C=N–C) groups is 1. The second-order valence-electron chi connectivity index (χ2n) is 8.04. The lowest BCUT2D eigenvalue weighted by atomic mass is 9.96. The summed E-state index contributed by atoms with van der Waals surface area (Å²) in [5.41, 5.74) is 4.56. The molecule has 2 saturated heterocycles. The van der Waals surface area contributed by atoms with Gasteiger partial charge < -0.3 is 25.6 Å². The normalized spacial score (nSPS) is 36.8. The van der Waals surface area contributed by atoms with Crippen LogP contribution in [0.1, 0.15) is 25.0 Å². The molecule has 4 rings (SSSR count). The Morgan fingerprint density at radius 3 is 2.76 bits per heavy atom. The standard InChI is InChI=1S/C20H24Cl2N3O7P/c1-11-24-17(23)3-5-25(11)19-20(2,27)18(26)16(31-19)10-30-33(28)29-6-4-15(32-33)12-7-13(21)9-14(22)8-12/h3,5,7-9,15-16,18-19,26-27H,1,4,6,10H2,2H3,(H2,23,24)/t15?,16-,18-,19-,20-,33?/m1/s1. The van der Waals surface area contributed by atoms with E-state index in [0.717, 1.165) is 0 Å². The van der Waals surface area contributed by atoms with E-state index < -0.39 is 38.0 Å². The van der Waals surface area contributed by atoms with Gasteiger partial charge in [-0.1, -0.05) is 29.8 Å². The fourth-order valence-corrected chi connectivity index (χ4v) is 5.75. The highest BCUT2D eigenvalue weighted by molar-refractivity contribution is 7.48. The number of rotatable bonds is 5. The molecule has 0 saturated carbocycles. The first-order valence-electron chi connectivity index (χ1n) is 10.1. The molecule has 1 aromatic carbocycles. The molecule has 2 fully saturated rings. The van der Waals surface area contributed by atoms with E-state index >= 15 is 0 Å². The van der Waals surface area contributed by atoms with Crippen molar-refractivity contribution in [1.29, 1.82) is 0 Å². The second-order valence-corrected chi connectivity index (χ2v) is 10.5. The lowest BCUT2D eigenvalue weighted by Gasteiger charge is -2.35. The van der Waals surface area contributed by atoms with Gasteiger partial charge in [0.2, 0.25) is 0 Å². The third kappa shape index (κ3) is 5.14. The Bertz CT molecular complexity index is 1030. The highest BCUT2D eigenvalue weighted by Gasteiger charge is 2.55. The molecule has 33 heavy (non-hydrogen) atoms. The highest BCUT2D eigenvalue weighted by atomic mass is 35.5. The van der Waals surface area contributed by atoms with Crippen LogP contribution in [0.15, 0.2) is 47.9 Å². The minimum Gasteiger partial charge on any atom is -0.387 e. The van der Waals surface area contributed by atoms with Crippen LogP contribution in [0.3, 0.4) is 0 Å². The van der Waals surface area contributed by atoms with Crippen molar-refractivity contribution in [3.8, 4) is 0 Å². The van der Waals surface area contributed by atoms with Crippen molar-refractivity contribution >= 4 is 36.9 Å². The number of halogens is 2. The molecule has 2 unspecified atom stereocenters. The van der Waals surface area contributed by atoms with E-state index in [-0.39, 0.29) is 24.9 Å². The molecule has 0 radical (unpaired) electrons. The molecular formula is C20H24Cl2N3O7P. The predicted molar refractivity (Wildman–Crippen MR) is 121 cm³/mol. The summed E-state index contributed by atoms with van der Waals surface area (Å²) >= 11 is 12.1. The van der Waals surface area contributed by atoms with Gasteiger partial charge in [0.25, 0.3) is 0 Å². The molecule has 13 heteroatoms. The van der Waals surface area contributed by atoms with Gasteiger partial charge in [0.1, 0.15) is 29.5 Å². The Kier molecular flexibility index (Phi) is 6.95. The Morgan fingerprint density at radius 1 is 1.39 bits per heavy atom. The smallest absolute Gasteiger partial charge is 0.387 e. The van der Waals surface area contributed by atoms with E-state index in [1.54, 1.807) is 18.2 Å². The Morgan fingerprint density at radius 2 is 2.09 bits per heavy atom. The van der Waals surface area contributed by atoms with Crippen molar-refractivity contribution in [2.75, 3.05) is 13.2 Å². The molecule has 3 heterocycles. The third-order valence-corrected chi connectivity index (χ3v) is 7.42. The summed E-state index contributed by atoms with van der Waals surface area (Å²) in [4.78, 5) is 5.47. The number of phosphoric acid groups is 1. The van der Waals surface area contributed by atoms with Gasteiger partial charge in [-0.3, -0.25) is 13.6 Å². The second kappa shape index (κ2) is 9.30. The molecule has 0 amide bonds. The molecule has 0 bridgehead atoms. The summed E-state index contributed by atoms with van der Waals surface area (Å²) in [5.74, 6) is 0.471. The van der Waals surface area contributed by atoms with Gasteiger partial charge >= 0.3 is 7.82 Å². The van der Waals surface area contributed by atoms with Gasteiger partial charge in [0.05, 0.1) is 19.3 Å². The molecule has 3 aliphatic heterocycles. The lowest BCUT2D eigenvalue weighted by Crippen LogP contribution is -2.51. The van der Waals surface area contributed by atoms with Crippen LogP contribution in [0, 0.1) is 0 Å². The molecular weight excluding hydrogens is 496 g/mol. The van der Waals surface area contributed by atoms with Gasteiger partial charge in [0.15, 0.2) is 6.23 Å². The topological polar surface area (TPSA) is 136 Å². The number of ether oxygens (including phenoxy) is 1. The molecule has 6 atom stereocenters. The maximum atomic E-state index is 13.1. The number of hydrogen-bond donors (Lipinski definition) is 3. The molecule has 0 spiro atoms. The van der Waals surface area contributed by atoms with Crippen LogP contribution in [0.2, 0.25) is 10.0 Å². The number of aliphatic hydroxyl groups is 2. The molecule has 0 aliphatic carbocycles. The van der Waals surface area contributed by atoms with Gasteiger partial charge in [-0.25, -0.2) is 9.56 Å². The number of amidine groups is 1. The fraction of sp³-hybridized carbons (Fsp3) is 0.450. The number of nitrogens with zero attached hydrogens (tertiary/aromatic N) is 2. The summed E-state index contributed by atoms with van der Waals surface area (Å²) in [5, 5.41) is 22.4. The lowest BCUT2D eigenvalue weighted by molar-refractivity contribution is -0.111. The molecule has 3 aliphatic rings. The van der Waals surface area contributed by atoms with E-state index in [9.17, 15) is 14.8 Å². The largest absolute Gasteiger partial charge is 0.475 e. The average Bonchev–Trinajstić information content (AvgIpc) is 2.95. The number of phosphoric ester groups is 1. The summed E-state index contributed by atoms with van der Waals surface area (Å²) in [6.45, 7) is 4.93. The van der Waals surface area contributed by atoms with E-state index in [1.807, 2.05) is 0 Å². The SMILES string of the molecule is C=C1N=C(N)C=CN1[C@@H]1O[C@H](COP2(=O)OCCC(c3cc(Cl)cc(Cl)c3)O2)[C@@H](O)[C@@]1(C)O. The van der Waals surface area contributed by atoms with Crippen molar-refractivity contribution in [2.45, 2.75) is 43.5 Å². The number of benzene rings is 1. The maximum Gasteiger partial charge on any atom is 0.475 e. The van der Waals surface area contributed by atoms with Crippen LogP contribution < -0.4 is 5.73 Å². The van der Waals surface area contributed by atoms with Crippen molar-refractivity contribution < 1.29 is 33.1 Å². The predicted octanol–water partition coefficient (Wildman–Crippen LogP) is 3.09. The van der Waals surface area contributed by atoms with Crippen molar-refractivity contribution in [3.63, 3.8) is 0 Å². The van der Waals surface area contributed by atoms with E-state index in [0.29, 0.717) is 22.0 Å². The van der Waals surface area contributed by atoms with Crippen molar-refractivity contribution in [2.24, 2.45) is 10.7 Å². The molecule has 10 nitrogen and oxygen atoms in total. The van der Waals surface area contributed by atoms with Gasteiger partial charge in [0, 0.05) is 22.7 Å². The number of aliphatic hydroxyl groups excluding tert-OH is 1. The minimum atomic E-state index is -4.00. The summed E-state index contributed by atoms with van der Waals surface area (Å²) < 4.78 is 35.3. The number of nitrogens with two attached hydrogens (primary N) is 1. The van der Waals surface area contributed by atoms with Crippen LogP contribution in [0.25, 0.3) is 0 Å². The third-order valence-electron chi connectivity index (χ3n) is 5.51. The maximum absolute atomic E-state index is 13.1. The highest BCUT2D eigenvalue weighted by Crippen LogP contribution is 2.57. The van der Waals surface area contributed by atoms with Crippen molar-refractivity contribution in [1.82, 2.24) is 4.90 Å². The summed E-state index contributed by atoms with van der Waals surface area (Å²) in [6, 6.07) is 4.90. The quantitative estimate of drug-likeness (QED) is 0.501. The first kappa shape index (κ1) is 24.7. The van der Waals surface area contributed by atoms with Crippen LogP contribution in [-0.4, -0.2) is 58.2 Å². The first-order chi connectivity index (χ1) is 15.5. The van der Waals surface area contributed by atoms with E-state index in [1.165, 1.54) is 24.1 Å². The minimum absolute atomic E-state index is 0.109. The number of hydrogen-bond acceptors (Lipinski definition) is 10. The fourth-order valence-electron chi connectivity index (χ4n) is 3.81. The van der Waals surface area contributed by atoms with Crippen molar-refractivity contribution in [3.05, 3.63) is 58.5 Å². The van der Waals surface area contributed by atoms with E-state index in [4.69, 9.17) is 47.2 Å². The molecule has 1 aromatic rings. The summed E-state index contributed by atoms with van der Waals surface area (Å²) in [6.07, 6.45) is -0.631. The molecule has 0 aromatic heterocycles. The van der Waals surface area contributed by atoms with Gasteiger partial charge in [-0.15, -0.1) is 0 Å². The Balaban J connectivity index is 1.43. The van der Waals surface area contributed by atoms with Crippen LogP contribution in [-0.2, 0) is 22.9 Å².